The standard InChI is InChI=1S/C19H20N2O7/c1-13(19(23)20-14-7-9-15(10-8-14)21(24)25)28-18(22)11-12-27-17-6-4-3-5-16(17)26-2/h3-10,13H,11-12H2,1-2H3,(H,20,23). The number of hydrogen-bond acceptors (Lipinski definition) is 7. The average molecular weight is 388 g/mol. The second-order valence-electron chi connectivity index (χ2n) is 5.67. The molecule has 2 aromatic rings. The van der Waals surface area contributed by atoms with E-state index in [0.29, 0.717) is 17.2 Å². The Balaban J connectivity index is 1.77. The predicted molar refractivity (Wildman–Crippen MR) is 100 cm³/mol. The number of ether oxygens (including phenoxy) is 3. The Labute approximate surface area is 161 Å². The number of carbonyl (C=O) groups excluding carboxylic acids is 2. The zero-order valence-corrected chi connectivity index (χ0v) is 15.4. The minimum absolute atomic E-state index is 0.0484. The van der Waals surface area contributed by atoms with Gasteiger partial charge in [0.15, 0.2) is 17.6 Å². The van der Waals surface area contributed by atoms with Gasteiger partial charge in [0, 0.05) is 17.8 Å². The maximum atomic E-state index is 12.1. The molecular formula is C19H20N2O7. The molecule has 0 aliphatic rings. The highest BCUT2D eigenvalue weighted by atomic mass is 16.6. The van der Waals surface area contributed by atoms with Gasteiger partial charge in [-0.15, -0.1) is 0 Å². The number of benzene rings is 2. The van der Waals surface area contributed by atoms with Crippen molar-refractivity contribution in [3.05, 3.63) is 58.6 Å². The van der Waals surface area contributed by atoms with Crippen molar-refractivity contribution in [2.45, 2.75) is 19.4 Å². The summed E-state index contributed by atoms with van der Waals surface area (Å²) in [4.78, 5) is 34.0. The van der Waals surface area contributed by atoms with Crippen LogP contribution < -0.4 is 14.8 Å². The van der Waals surface area contributed by atoms with Gasteiger partial charge >= 0.3 is 5.97 Å². The van der Waals surface area contributed by atoms with Crippen molar-refractivity contribution < 1.29 is 28.7 Å². The molecule has 0 heterocycles. The van der Waals surface area contributed by atoms with Crippen molar-refractivity contribution >= 4 is 23.3 Å². The molecule has 1 amide bonds. The first kappa shape index (κ1) is 20.7. The molecule has 9 heteroatoms. The van der Waals surface area contributed by atoms with Crippen molar-refractivity contribution in [3.63, 3.8) is 0 Å². The van der Waals surface area contributed by atoms with E-state index >= 15 is 0 Å². The van der Waals surface area contributed by atoms with Gasteiger partial charge in [-0.2, -0.15) is 0 Å². The van der Waals surface area contributed by atoms with Gasteiger partial charge in [0.2, 0.25) is 0 Å². The minimum atomic E-state index is -1.03. The molecule has 0 saturated heterocycles. The van der Waals surface area contributed by atoms with Gasteiger partial charge < -0.3 is 19.5 Å². The van der Waals surface area contributed by atoms with E-state index < -0.39 is 22.9 Å². The number of nitrogens with zero attached hydrogens (tertiary/aromatic N) is 1. The molecule has 0 saturated carbocycles. The van der Waals surface area contributed by atoms with Crippen LogP contribution in [0.2, 0.25) is 0 Å². The highest BCUT2D eigenvalue weighted by molar-refractivity contribution is 5.95. The number of non-ortho nitro benzene ring substituents is 1. The van der Waals surface area contributed by atoms with Gasteiger partial charge in [-0.05, 0) is 31.2 Å². The molecule has 1 atom stereocenters. The van der Waals surface area contributed by atoms with E-state index in [2.05, 4.69) is 5.32 Å². The molecule has 1 N–H and O–H groups in total. The average Bonchev–Trinajstić information content (AvgIpc) is 2.68. The van der Waals surface area contributed by atoms with E-state index in [0.717, 1.165) is 0 Å². The molecule has 0 bridgehead atoms. The summed E-state index contributed by atoms with van der Waals surface area (Å²) in [7, 11) is 1.52. The monoisotopic (exact) mass is 388 g/mol. The first-order valence-electron chi connectivity index (χ1n) is 8.41. The fraction of sp³-hybridized carbons (Fsp3) is 0.263. The number of methoxy groups -OCH3 is 1. The van der Waals surface area contributed by atoms with Crippen molar-refractivity contribution in [1.82, 2.24) is 0 Å². The Bertz CT molecular complexity index is 836. The topological polar surface area (TPSA) is 117 Å². The fourth-order valence-corrected chi connectivity index (χ4v) is 2.20. The van der Waals surface area contributed by atoms with Gasteiger partial charge in [-0.25, -0.2) is 0 Å². The third kappa shape index (κ3) is 5.97. The summed E-state index contributed by atoms with van der Waals surface area (Å²) in [5.41, 5.74) is 0.269. The van der Waals surface area contributed by atoms with Crippen LogP contribution in [-0.2, 0) is 14.3 Å². The van der Waals surface area contributed by atoms with Crippen molar-refractivity contribution in [2.75, 3.05) is 19.0 Å². The minimum Gasteiger partial charge on any atom is -0.493 e. The highest BCUT2D eigenvalue weighted by Crippen LogP contribution is 2.25. The van der Waals surface area contributed by atoms with Gasteiger partial charge in [0.25, 0.3) is 11.6 Å². The summed E-state index contributed by atoms with van der Waals surface area (Å²) in [6, 6.07) is 12.3. The lowest BCUT2D eigenvalue weighted by Gasteiger charge is -2.14. The van der Waals surface area contributed by atoms with E-state index in [-0.39, 0.29) is 18.7 Å². The van der Waals surface area contributed by atoms with Crippen LogP contribution in [0, 0.1) is 10.1 Å². The number of amides is 1. The van der Waals surface area contributed by atoms with Gasteiger partial charge in [0.1, 0.15) is 0 Å². The normalized spacial score (nSPS) is 11.2. The Hall–Kier alpha value is -3.62. The number of hydrogen-bond donors (Lipinski definition) is 1. The number of nitro benzene ring substituents is 1. The Morgan fingerprint density at radius 3 is 2.36 bits per heavy atom. The first-order chi connectivity index (χ1) is 13.4. The first-order valence-corrected chi connectivity index (χ1v) is 8.41. The molecule has 0 aromatic heterocycles. The molecule has 2 aromatic carbocycles. The Morgan fingerprint density at radius 2 is 1.75 bits per heavy atom. The number of nitrogens with one attached hydrogen (secondary N) is 1. The van der Waals surface area contributed by atoms with Crippen LogP contribution in [0.5, 0.6) is 11.5 Å². The van der Waals surface area contributed by atoms with Gasteiger partial charge in [-0.3, -0.25) is 19.7 Å². The number of para-hydroxylation sites is 2. The van der Waals surface area contributed by atoms with Crippen molar-refractivity contribution in [3.8, 4) is 11.5 Å². The zero-order valence-electron chi connectivity index (χ0n) is 15.4. The fourth-order valence-electron chi connectivity index (χ4n) is 2.20. The molecule has 28 heavy (non-hydrogen) atoms. The largest absolute Gasteiger partial charge is 0.493 e. The van der Waals surface area contributed by atoms with E-state index in [4.69, 9.17) is 14.2 Å². The van der Waals surface area contributed by atoms with Gasteiger partial charge in [-0.1, -0.05) is 12.1 Å². The van der Waals surface area contributed by atoms with Crippen molar-refractivity contribution in [2.24, 2.45) is 0 Å². The molecule has 0 aliphatic heterocycles. The lowest BCUT2D eigenvalue weighted by molar-refractivity contribution is -0.384. The number of carbonyl (C=O) groups is 2. The van der Waals surface area contributed by atoms with Crippen LogP contribution in [0.3, 0.4) is 0 Å². The van der Waals surface area contributed by atoms with Crippen LogP contribution in [0.25, 0.3) is 0 Å². The molecule has 0 aliphatic carbocycles. The maximum absolute atomic E-state index is 12.1. The molecule has 0 fully saturated rings. The molecule has 2 rings (SSSR count). The van der Waals surface area contributed by atoms with Gasteiger partial charge in [0.05, 0.1) is 25.1 Å². The summed E-state index contributed by atoms with van der Waals surface area (Å²) in [5.74, 6) is -0.0948. The van der Waals surface area contributed by atoms with Crippen LogP contribution >= 0.6 is 0 Å². The number of nitro groups is 1. The second-order valence-corrected chi connectivity index (χ2v) is 5.67. The highest BCUT2D eigenvalue weighted by Gasteiger charge is 2.18. The molecular weight excluding hydrogens is 368 g/mol. The van der Waals surface area contributed by atoms with E-state index in [1.54, 1.807) is 24.3 Å². The maximum Gasteiger partial charge on any atom is 0.310 e. The van der Waals surface area contributed by atoms with E-state index in [1.807, 2.05) is 0 Å². The number of anilines is 1. The predicted octanol–water partition coefficient (Wildman–Crippen LogP) is 2.94. The van der Waals surface area contributed by atoms with Crippen LogP contribution in [0.1, 0.15) is 13.3 Å². The zero-order chi connectivity index (χ0) is 20.5. The second kappa shape index (κ2) is 9.91. The SMILES string of the molecule is COc1ccccc1OCCC(=O)OC(C)C(=O)Nc1ccc([N+](=O)[O-])cc1. The lowest BCUT2D eigenvalue weighted by atomic mass is 10.2. The summed E-state index contributed by atoms with van der Waals surface area (Å²) >= 11 is 0. The molecule has 0 spiro atoms. The smallest absolute Gasteiger partial charge is 0.310 e. The quantitative estimate of drug-likeness (QED) is 0.399. The Morgan fingerprint density at radius 1 is 1.11 bits per heavy atom. The summed E-state index contributed by atoms with van der Waals surface area (Å²) in [6.07, 6.45) is -1.08. The summed E-state index contributed by atoms with van der Waals surface area (Å²) in [5, 5.41) is 13.1. The molecule has 0 radical (unpaired) electrons. The van der Waals surface area contributed by atoms with Crippen LogP contribution in [0.4, 0.5) is 11.4 Å². The molecule has 1 unspecified atom stereocenters. The molecule has 148 valence electrons. The third-order valence-corrected chi connectivity index (χ3v) is 3.66. The van der Waals surface area contributed by atoms with Crippen LogP contribution in [-0.4, -0.2) is 36.6 Å². The Kier molecular flexibility index (Phi) is 7.32. The van der Waals surface area contributed by atoms with Crippen LogP contribution in [0.15, 0.2) is 48.5 Å². The summed E-state index contributed by atoms with van der Waals surface area (Å²) in [6.45, 7) is 1.50. The van der Waals surface area contributed by atoms with E-state index in [9.17, 15) is 19.7 Å². The lowest BCUT2D eigenvalue weighted by Crippen LogP contribution is -2.30. The third-order valence-electron chi connectivity index (χ3n) is 3.66. The number of esters is 1. The molecule has 9 nitrogen and oxygen atoms in total. The van der Waals surface area contributed by atoms with E-state index in [1.165, 1.54) is 38.3 Å². The summed E-state index contributed by atoms with van der Waals surface area (Å²) < 4.78 is 15.7. The van der Waals surface area contributed by atoms with Crippen molar-refractivity contribution in [1.29, 1.82) is 0 Å². The number of rotatable bonds is 9.